The number of carbonyl (C=O) groups excluding carboxylic acids is 1. The minimum atomic E-state index is -0.367. The number of hydrogen-bond donors (Lipinski definition) is 1. The van der Waals surface area contributed by atoms with Crippen LogP contribution >= 0.6 is 11.8 Å². The van der Waals surface area contributed by atoms with Gasteiger partial charge in [-0.15, -0.1) is 10.2 Å². The Kier molecular flexibility index (Phi) is 6.24. The third-order valence-corrected chi connectivity index (χ3v) is 5.16. The number of benzene rings is 2. The number of rotatable bonds is 7. The summed E-state index contributed by atoms with van der Waals surface area (Å²) in [5.41, 5.74) is 1.73. The van der Waals surface area contributed by atoms with Gasteiger partial charge in [-0.2, -0.15) is 0 Å². The van der Waals surface area contributed by atoms with Crippen LogP contribution in [0.3, 0.4) is 0 Å². The Morgan fingerprint density at radius 1 is 1.15 bits per heavy atom. The number of nitrogens with one attached hydrogen (secondary N) is 1. The van der Waals surface area contributed by atoms with Gasteiger partial charge in [0, 0.05) is 18.7 Å². The second kappa shape index (κ2) is 8.81. The van der Waals surface area contributed by atoms with Gasteiger partial charge in [0.25, 0.3) is 0 Å². The number of aromatic nitrogens is 3. The van der Waals surface area contributed by atoms with E-state index in [0.717, 1.165) is 12.4 Å². The average Bonchev–Trinajstić information content (AvgIpc) is 3.05. The average molecular weight is 384 g/mol. The lowest BCUT2D eigenvalue weighted by Gasteiger charge is -2.13. The van der Waals surface area contributed by atoms with Crippen molar-refractivity contribution >= 4 is 23.4 Å². The van der Waals surface area contributed by atoms with Crippen molar-refractivity contribution < 1.29 is 9.18 Å². The maximum Gasteiger partial charge on any atom is 0.237 e. The fraction of sp³-hybridized carbons (Fsp3) is 0.250. The molecule has 1 aromatic heterocycles. The third-order valence-electron chi connectivity index (χ3n) is 4.08. The largest absolute Gasteiger partial charge is 0.325 e. The van der Waals surface area contributed by atoms with E-state index in [4.69, 9.17) is 0 Å². The molecule has 7 heteroatoms. The zero-order valence-electron chi connectivity index (χ0n) is 15.2. The molecule has 1 atom stereocenters. The molecule has 0 unspecified atom stereocenters. The van der Waals surface area contributed by atoms with Gasteiger partial charge in [-0.25, -0.2) is 4.39 Å². The van der Waals surface area contributed by atoms with E-state index in [1.165, 1.54) is 41.6 Å². The van der Waals surface area contributed by atoms with Crippen LogP contribution in [0.5, 0.6) is 0 Å². The Labute approximate surface area is 162 Å². The Morgan fingerprint density at radius 3 is 2.52 bits per heavy atom. The molecule has 0 fully saturated rings. The first-order valence-electron chi connectivity index (χ1n) is 8.76. The van der Waals surface area contributed by atoms with Crippen LogP contribution in [0.25, 0.3) is 0 Å². The summed E-state index contributed by atoms with van der Waals surface area (Å²) >= 11 is 1.36. The lowest BCUT2D eigenvalue weighted by molar-refractivity contribution is -0.115. The summed E-state index contributed by atoms with van der Waals surface area (Å²) in [5, 5.41) is 11.7. The first-order valence-corrected chi connectivity index (χ1v) is 9.64. The monoisotopic (exact) mass is 384 g/mol. The molecule has 0 aliphatic carbocycles. The van der Waals surface area contributed by atoms with Crippen molar-refractivity contribution in [3.05, 3.63) is 71.8 Å². The van der Waals surface area contributed by atoms with Gasteiger partial charge in [0.2, 0.25) is 5.91 Å². The molecular weight excluding hydrogens is 363 g/mol. The lowest BCUT2D eigenvalue weighted by atomic mass is 10.1. The van der Waals surface area contributed by atoms with E-state index in [-0.39, 0.29) is 17.0 Å². The van der Waals surface area contributed by atoms with Crippen LogP contribution in [0.4, 0.5) is 10.1 Å². The molecular formula is C20H21FN4OS. The number of hydrogen-bond acceptors (Lipinski definition) is 4. The summed E-state index contributed by atoms with van der Waals surface area (Å²) in [6.07, 6.45) is 0.693. The molecule has 3 aromatic rings. The quantitative estimate of drug-likeness (QED) is 0.622. The van der Waals surface area contributed by atoms with E-state index in [2.05, 4.69) is 27.6 Å². The van der Waals surface area contributed by atoms with Gasteiger partial charge in [0.05, 0.1) is 5.25 Å². The Hall–Kier alpha value is -2.67. The van der Waals surface area contributed by atoms with Gasteiger partial charge >= 0.3 is 0 Å². The lowest BCUT2D eigenvalue weighted by Crippen LogP contribution is -2.23. The molecule has 1 heterocycles. The number of amides is 1. The van der Waals surface area contributed by atoms with E-state index in [9.17, 15) is 9.18 Å². The fourth-order valence-electron chi connectivity index (χ4n) is 2.62. The molecule has 140 valence electrons. The molecule has 0 saturated carbocycles. The second-order valence-electron chi connectivity index (χ2n) is 6.06. The van der Waals surface area contributed by atoms with Crippen LogP contribution in [0.15, 0.2) is 59.8 Å². The third kappa shape index (κ3) is 4.95. The van der Waals surface area contributed by atoms with Crippen molar-refractivity contribution in [3.63, 3.8) is 0 Å². The van der Waals surface area contributed by atoms with Crippen molar-refractivity contribution in [1.29, 1.82) is 0 Å². The molecule has 0 radical (unpaired) electrons. The van der Waals surface area contributed by atoms with Crippen molar-refractivity contribution in [2.45, 2.75) is 37.2 Å². The highest BCUT2D eigenvalue weighted by atomic mass is 32.2. The van der Waals surface area contributed by atoms with Crippen molar-refractivity contribution in [2.75, 3.05) is 5.32 Å². The standard InChI is InChI=1S/C20H21FN4OS/c1-3-25-18(13-15-7-5-4-6-8-15)23-24-20(25)27-14(2)19(26)22-17-11-9-16(21)10-12-17/h4-12,14H,3,13H2,1-2H3,(H,22,26)/t14-/m0/s1. The number of halogens is 1. The number of nitrogens with zero attached hydrogens (tertiary/aromatic N) is 3. The molecule has 0 aliphatic rings. The topological polar surface area (TPSA) is 59.8 Å². The minimum Gasteiger partial charge on any atom is -0.325 e. The Morgan fingerprint density at radius 2 is 1.85 bits per heavy atom. The maximum absolute atomic E-state index is 13.0. The van der Waals surface area contributed by atoms with Crippen LogP contribution in [0, 0.1) is 5.82 Å². The molecule has 1 amide bonds. The zero-order valence-corrected chi connectivity index (χ0v) is 16.0. The smallest absolute Gasteiger partial charge is 0.237 e. The highest BCUT2D eigenvalue weighted by Gasteiger charge is 2.20. The van der Waals surface area contributed by atoms with E-state index < -0.39 is 0 Å². The second-order valence-corrected chi connectivity index (χ2v) is 7.37. The first kappa shape index (κ1) is 19.1. The molecule has 0 saturated heterocycles. The molecule has 0 spiro atoms. The highest BCUT2D eigenvalue weighted by Crippen LogP contribution is 2.24. The first-order chi connectivity index (χ1) is 13.1. The molecule has 0 aliphatic heterocycles. The molecule has 3 rings (SSSR count). The predicted octanol–water partition coefficient (Wildman–Crippen LogP) is 4.15. The van der Waals surface area contributed by atoms with Gasteiger partial charge in [0.1, 0.15) is 11.6 Å². The van der Waals surface area contributed by atoms with Gasteiger partial charge in [0.15, 0.2) is 5.16 Å². The molecule has 0 bridgehead atoms. The Balaban J connectivity index is 1.67. The van der Waals surface area contributed by atoms with Crippen molar-refractivity contribution in [3.8, 4) is 0 Å². The summed E-state index contributed by atoms with van der Waals surface area (Å²) < 4.78 is 15.0. The summed E-state index contributed by atoms with van der Waals surface area (Å²) in [7, 11) is 0. The normalized spacial score (nSPS) is 12.0. The van der Waals surface area contributed by atoms with E-state index in [1.807, 2.05) is 36.6 Å². The van der Waals surface area contributed by atoms with Crippen molar-refractivity contribution in [1.82, 2.24) is 14.8 Å². The van der Waals surface area contributed by atoms with E-state index in [0.29, 0.717) is 17.3 Å². The van der Waals surface area contributed by atoms with E-state index >= 15 is 0 Å². The van der Waals surface area contributed by atoms with Gasteiger partial charge in [-0.1, -0.05) is 42.1 Å². The van der Waals surface area contributed by atoms with Crippen LogP contribution in [0.1, 0.15) is 25.2 Å². The van der Waals surface area contributed by atoms with Crippen LogP contribution in [-0.2, 0) is 17.8 Å². The van der Waals surface area contributed by atoms with Crippen molar-refractivity contribution in [2.24, 2.45) is 0 Å². The predicted molar refractivity (Wildman–Crippen MR) is 105 cm³/mol. The summed E-state index contributed by atoms with van der Waals surface area (Å²) in [5.74, 6) is 0.372. The van der Waals surface area contributed by atoms with Gasteiger partial charge in [-0.3, -0.25) is 4.79 Å². The molecule has 2 aromatic carbocycles. The summed E-state index contributed by atoms with van der Waals surface area (Å²) in [4.78, 5) is 12.4. The SMILES string of the molecule is CCn1c(Cc2ccccc2)nnc1S[C@@H](C)C(=O)Nc1ccc(F)cc1. The summed E-state index contributed by atoms with van der Waals surface area (Å²) in [6.45, 7) is 4.57. The maximum atomic E-state index is 13.0. The summed E-state index contributed by atoms with van der Waals surface area (Å²) in [6, 6.07) is 15.8. The van der Waals surface area contributed by atoms with Crippen LogP contribution < -0.4 is 5.32 Å². The molecule has 27 heavy (non-hydrogen) atoms. The highest BCUT2D eigenvalue weighted by molar-refractivity contribution is 8.00. The van der Waals surface area contributed by atoms with Gasteiger partial charge in [-0.05, 0) is 43.7 Å². The fourth-order valence-corrected chi connectivity index (χ4v) is 3.55. The number of carbonyl (C=O) groups is 1. The van der Waals surface area contributed by atoms with Gasteiger partial charge < -0.3 is 9.88 Å². The van der Waals surface area contributed by atoms with Crippen LogP contribution in [-0.4, -0.2) is 25.9 Å². The number of anilines is 1. The van der Waals surface area contributed by atoms with E-state index in [1.54, 1.807) is 0 Å². The Bertz CT molecular complexity index is 896. The molecule has 5 nitrogen and oxygen atoms in total. The van der Waals surface area contributed by atoms with Crippen LogP contribution in [0.2, 0.25) is 0 Å². The molecule has 1 N–H and O–H groups in total. The zero-order chi connectivity index (χ0) is 19.2. The number of thioether (sulfide) groups is 1. The minimum absolute atomic E-state index is 0.165.